The van der Waals surface area contributed by atoms with E-state index in [1.165, 1.54) is 0 Å². The lowest BCUT2D eigenvalue weighted by molar-refractivity contribution is -0.123. The third-order valence-electron chi connectivity index (χ3n) is 3.34. The first-order valence-corrected chi connectivity index (χ1v) is 6.53. The number of nitrogens with one attached hydrogen (secondary N) is 2. The Bertz CT molecular complexity index is 572. The minimum Gasteiger partial charge on any atom is -0.361 e. The standard InChI is InChI=1S/C15H21N3O/c1-15(2,10-16)7-14(19)18-9-11-8-17-13-6-4-3-5-12(11)13/h3-6,8,17H,7,9-10,16H2,1-2H3,(H,18,19). The molecule has 4 heteroatoms. The summed E-state index contributed by atoms with van der Waals surface area (Å²) in [6, 6.07) is 8.07. The van der Waals surface area contributed by atoms with Gasteiger partial charge in [-0.3, -0.25) is 4.79 Å². The van der Waals surface area contributed by atoms with E-state index in [1.807, 2.05) is 38.2 Å². The molecule has 0 aliphatic heterocycles. The summed E-state index contributed by atoms with van der Waals surface area (Å²) < 4.78 is 0. The number of carbonyl (C=O) groups is 1. The first-order valence-electron chi connectivity index (χ1n) is 6.53. The van der Waals surface area contributed by atoms with Gasteiger partial charge in [-0.05, 0) is 23.6 Å². The summed E-state index contributed by atoms with van der Waals surface area (Å²) in [4.78, 5) is 15.1. The molecule has 0 saturated heterocycles. The molecule has 0 aliphatic rings. The highest BCUT2D eigenvalue weighted by Gasteiger charge is 2.19. The van der Waals surface area contributed by atoms with Crippen molar-refractivity contribution in [2.24, 2.45) is 11.1 Å². The predicted molar refractivity (Wildman–Crippen MR) is 77.6 cm³/mol. The van der Waals surface area contributed by atoms with Gasteiger partial charge in [-0.1, -0.05) is 32.0 Å². The van der Waals surface area contributed by atoms with E-state index in [0.717, 1.165) is 16.5 Å². The van der Waals surface area contributed by atoms with Gasteiger partial charge in [0.1, 0.15) is 0 Å². The van der Waals surface area contributed by atoms with Crippen LogP contribution in [0.2, 0.25) is 0 Å². The Kier molecular flexibility index (Phi) is 3.90. The Morgan fingerprint density at radius 3 is 2.84 bits per heavy atom. The van der Waals surface area contributed by atoms with E-state index >= 15 is 0 Å². The number of rotatable bonds is 5. The van der Waals surface area contributed by atoms with Crippen molar-refractivity contribution >= 4 is 16.8 Å². The molecule has 4 N–H and O–H groups in total. The van der Waals surface area contributed by atoms with Gasteiger partial charge >= 0.3 is 0 Å². The van der Waals surface area contributed by atoms with Crippen molar-refractivity contribution in [1.29, 1.82) is 0 Å². The topological polar surface area (TPSA) is 70.9 Å². The van der Waals surface area contributed by atoms with E-state index in [4.69, 9.17) is 5.73 Å². The second kappa shape index (κ2) is 5.45. The summed E-state index contributed by atoms with van der Waals surface area (Å²) in [7, 11) is 0. The molecule has 0 atom stereocenters. The fraction of sp³-hybridized carbons (Fsp3) is 0.400. The number of aromatic amines is 1. The molecule has 102 valence electrons. The summed E-state index contributed by atoms with van der Waals surface area (Å²) in [6.45, 7) is 5.05. The monoisotopic (exact) mass is 259 g/mol. The van der Waals surface area contributed by atoms with Crippen molar-refractivity contribution in [3.8, 4) is 0 Å². The molecule has 0 saturated carbocycles. The zero-order chi connectivity index (χ0) is 13.9. The Labute approximate surface area is 113 Å². The number of amides is 1. The Morgan fingerprint density at radius 1 is 1.37 bits per heavy atom. The van der Waals surface area contributed by atoms with Gasteiger partial charge in [0.25, 0.3) is 0 Å². The number of nitrogens with two attached hydrogens (primary N) is 1. The summed E-state index contributed by atoms with van der Waals surface area (Å²) in [5.41, 5.74) is 7.68. The van der Waals surface area contributed by atoms with Crippen LogP contribution in [0.25, 0.3) is 10.9 Å². The minimum atomic E-state index is -0.149. The van der Waals surface area contributed by atoms with Gasteiger partial charge in [0.2, 0.25) is 5.91 Å². The van der Waals surface area contributed by atoms with Gasteiger partial charge in [-0.2, -0.15) is 0 Å². The largest absolute Gasteiger partial charge is 0.361 e. The van der Waals surface area contributed by atoms with Crippen molar-refractivity contribution in [2.45, 2.75) is 26.8 Å². The summed E-state index contributed by atoms with van der Waals surface area (Å²) in [5, 5.41) is 4.11. The van der Waals surface area contributed by atoms with Crippen LogP contribution in [0.3, 0.4) is 0 Å². The molecule has 0 aliphatic carbocycles. The fourth-order valence-electron chi connectivity index (χ4n) is 2.04. The third kappa shape index (κ3) is 3.35. The van der Waals surface area contributed by atoms with E-state index in [1.54, 1.807) is 0 Å². The van der Waals surface area contributed by atoms with E-state index < -0.39 is 0 Å². The maximum Gasteiger partial charge on any atom is 0.220 e. The quantitative estimate of drug-likeness (QED) is 0.770. The van der Waals surface area contributed by atoms with Gasteiger partial charge in [-0.25, -0.2) is 0 Å². The molecule has 1 amide bonds. The molecule has 1 heterocycles. The minimum absolute atomic E-state index is 0.0423. The number of para-hydroxylation sites is 1. The number of benzene rings is 1. The van der Waals surface area contributed by atoms with Gasteiger partial charge in [0.15, 0.2) is 0 Å². The molecule has 1 aromatic carbocycles. The fourth-order valence-corrected chi connectivity index (χ4v) is 2.04. The smallest absolute Gasteiger partial charge is 0.220 e. The molecule has 0 bridgehead atoms. The maximum atomic E-state index is 11.9. The van der Waals surface area contributed by atoms with E-state index in [-0.39, 0.29) is 11.3 Å². The van der Waals surface area contributed by atoms with Crippen LogP contribution in [0.4, 0.5) is 0 Å². The molecular weight excluding hydrogens is 238 g/mol. The molecule has 2 rings (SSSR count). The number of hydrogen-bond acceptors (Lipinski definition) is 2. The lowest BCUT2D eigenvalue weighted by atomic mass is 9.89. The second-order valence-corrected chi connectivity index (χ2v) is 5.68. The van der Waals surface area contributed by atoms with Crippen molar-refractivity contribution < 1.29 is 4.79 Å². The number of hydrogen-bond donors (Lipinski definition) is 3. The highest BCUT2D eigenvalue weighted by Crippen LogP contribution is 2.19. The molecule has 0 radical (unpaired) electrons. The highest BCUT2D eigenvalue weighted by atomic mass is 16.1. The van der Waals surface area contributed by atoms with Gasteiger partial charge in [-0.15, -0.1) is 0 Å². The van der Waals surface area contributed by atoms with Crippen molar-refractivity contribution in [2.75, 3.05) is 6.54 Å². The SMILES string of the molecule is CC(C)(CN)CC(=O)NCc1c[nH]c2ccccc12. The van der Waals surface area contributed by atoms with Crippen LogP contribution in [0.1, 0.15) is 25.8 Å². The van der Waals surface area contributed by atoms with Gasteiger partial charge < -0.3 is 16.0 Å². The maximum absolute atomic E-state index is 11.9. The lowest BCUT2D eigenvalue weighted by Gasteiger charge is -2.21. The molecule has 0 spiro atoms. The van der Waals surface area contributed by atoms with Gasteiger partial charge in [0.05, 0.1) is 0 Å². The third-order valence-corrected chi connectivity index (χ3v) is 3.34. The van der Waals surface area contributed by atoms with E-state index in [2.05, 4.69) is 16.4 Å². The van der Waals surface area contributed by atoms with E-state index in [0.29, 0.717) is 19.5 Å². The molecule has 0 unspecified atom stereocenters. The number of carbonyl (C=O) groups excluding carboxylic acids is 1. The first-order chi connectivity index (χ1) is 9.02. The average Bonchev–Trinajstić information content (AvgIpc) is 2.79. The summed E-state index contributed by atoms with van der Waals surface area (Å²) >= 11 is 0. The summed E-state index contributed by atoms with van der Waals surface area (Å²) in [5.74, 6) is 0.0423. The number of aromatic nitrogens is 1. The zero-order valence-electron chi connectivity index (χ0n) is 11.5. The van der Waals surface area contributed by atoms with Crippen LogP contribution in [0.15, 0.2) is 30.5 Å². The molecule has 0 fully saturated rings. The second-order valence-electron chi connectivity index (χ2n) is 5.68. The zero-order valence-corrected chi connectivity index (χ0v) is 11.5. The Hall–Kier alpha value is -1.81. The van der Waals surface area contributed by atoms with Crippen LogP contribution in [0.5, 0.6) is 0 Å². The summed E-state index contributed by atoms with van der Waals surface area (Å²) in [6.07, 6.45) is 2.39. The average molecular weight is 259 g/mol. The molecule has 4 nitrogen and oxygen atoms in total. The molecular formula is C15H21N3O. The van der Waals surface area contributed by atoms with Crippen molar-refractivity contribution in [3.63, 3.8) is 0 Å². The number of fused-ring (bicyclic) bond motifs is 1. The Balaban J connectivity index is 1.97. The lowest BCUT2D eigenvalue weighted by Crippen LogP contribution is -2.32. The van der Waals surface area contributed by atoms with Gasteiger partial charge in [0, 0.05) is 30.1 Å². The van der Waals surface area contributed by atoms with Crippen LogP contribution in [-0.4, -0.2) is 17.4 Å². The number of H-pyrrole nitrogens is 1. The predicted octanol–water partition coefficient (Wildman–Crippen LogP) is 2.16. The van der Waals surface area contributed by atoms with Crippen LogP contribution in [0, 0.1) is 5.41 Å². The molecule has 19 heavy (non-hydrogen) atoms. The normalized spacial score (nSPS) is 11.7. The molecule has 2 aromatic rings. The van der Waals surface area contributed by atoms with Crippen molar-refractivity contribution in [1.82, 2.24) is 10.3 Å². The van der Waals surface area contributed by atoms with E-state index in [9.17, 15) is 4.79 Å². The molecule has 1 aromatic heterocycles. The van der Waals surface area contributed by atoms with Crippen LogP contribution < -0.4 is 11.1 Å². The van der Waals surface area contributed by atoms with Crippen LogP contribution in [-0.2, 0) is 11.3 Å². The first kappa shape index (κ1) is 13.6. The highest BCUT2D eigenvalue weighted by molar-refractivity contribution is 5.84. The van der Waals surface area contributed by atoms with Crippen LogP contribution >= 0.6 is 0 Å². The Morgan fingerprint density at radius 2 is 2.11 bits per heavy atom. The van der Waals surface area contributed by atoms with Crippen molar-refractivity contribution in [3.05, 3.63) is 36.0 Å².